The number of nitrogens with zero attached hydrogens (tertiary/aromatic N) is 4. The molecule has 0 spiro atoms. The van der Waals surface area contributed by atoms with Crippen LogP contribution in [0.2, 0.25) is 0 Å². The lowest BCUT2D eigenvalue weighted by Gasteiger charge is -2.16. The topological polar surface area (TPSA) is 102 Å². The van der Waals surface area contributed by atoms with Gasteiger partial charge in [-0.2, -0.15) is 0 Å². The normalized spacial score (nSPS) is 21.0. The van der Waals surface area contributed by atoms with Crippen molar-refractivity contribution in [3.8, 4) is 0 Å². The second-order valence-corrected chi connectivity index (χ2v) is 8.78. The van der Waals surface area contributed by atoms with E-state index in [1.807, 2.05) is 22.9 Å². The molecule has 0 saturated carbocycles. The molecule has 9 heteroatoms. The van der Waals surface area contributed by atoms with Crippen molar-refractivity contribution in [1.29, 1.82) is 0 Å². The lowest BCUT2D eigenvalue weighted by atomic mass is 9.94. The Bertz CT molecular complexity index is 1470. The second-order valence-electron chi connectivity index (χ2n) is 8.78. The van der Waals surface area contributed by atoms with Crippen LogP contribution in [0.4, 0.5) is 0 Å². The van der Waals surface area contributed by atoms with Gasteiger partial charge in [0.15, 0.2) is 0 Å². The van der Waals surface area contributed by atoms with Crippen molar-refractivity contribution >= 4 is 17.2 Å². The number of aromatic nitrogens is 4. The quantitative estimate of drug-likeness (QED) is 0.411. The van der Waals surface area contributed by atoms with Gasteiger partial charge in [0, 0.05) is 43.7 Å². The third kappa shape index (κ3) is 4.00. The zero-order valence-electron chi connectivity index (χ0n) is 18.4. The maximum absolute atomic E-state index is 12.6. The van der Waals surface area contributed by atoms with Crippen molar-refractivity contribution in [2.75, 3.05) is 6.54 Å². The number of carbonyl (C=O) groups is 1. The standard InChI is InChI=1S/C25H24N6O3/c32-24-10-20(29-23-3-1-2-8-31(23)24)25(33)27-13-18-15-30-14-16(4-7-22(30)28-18)11-26-12-17-9-19-5-6-21(17)34-19/h1-8,10,14-15,17,19,21,26H,9,11-13H2,(H,27,33)/t17-,19-,21+/m0/s1. The second kappa shape index (κ2) is 8.51. The molecule has 9 nitrogen and oxygen atoms in total. The van der Waals surface area contributed by atoms with E-state index in [2.05, 4.69) is 38.8 Å². The Labute approximate surface area is 195 Å². The summed E-state index contributed by atoms with van der Waals surface area (Å²) in [7, 11) is 0. The number of imidazole rings is 1. The lowest BCUT2D eigenvalue weighted by molar-refractivity contribution is 0.0945. The lowest BCUT2D eigenvalue weighted by Crippen LogP contribution is -2.27. The molecule has 0 aromatic carbocycles. The van der Waals surface area contributed by atoms with Crippen LogP contribution in [0.3, 0.4) is 0 Å². The van der Waals surface area contributed by atoms with E-state index in [0.717, 1.165) is 36.4 Å². The average molecular weight is 457 g/mol. The molecule has 34 heavy (non-hydrogen) atoms. The zero-order chi connectivity index (χ0) is 23.1. The fourth-order valence-electron chi connectivity index (χ4n) is 4.67. The van der Waals surface area contributed by atoms with E-state index in [0.29, 0.717) is 17.7 Å². The molecule has 1 amide bonds. The van der Waals surface area contributed by atoms with E-state index >= 15 is 0 Å². The molecule has 0 aliphatic carbocycles. The average Bonchev–Trinajstić information content (AvgIpc) is 3.58. The van der Waals surface area contributed by atoms with Crippen LogP contribution in [0.15, 0.2) is 71.9 Å². The first-order valence-electron chi connectivity index (χ1n) is 11.4. The van der Waals surface area contributed by atoms with Gasteiger partial charge in [0.2, 0.25) is 0 Å². The SMILES string of the molecule is O=C(NCc1cn2cc(CNC[C@@H]3C[C@@H]4C=C[C@H]3O4)ccc2n1)c1cc(=O)n2ccccc2n1. The summed E-state index contributed by atoms with van der Waals surface area (Å²) < 4.78 is 9.18. The Kier molecular flexibility index (Phi) is 5.20. The highest BCUT2D eigenvalue weighted by Crippen LogP contribution is 2.33. The molecule has 4 aromatic heterocycles. The molecular weight excluding hydrogens is 432 g/mol. The third-order valence-electron chi connectivity index (χ3n) is 6.38. The number of fused-ring (bicyclic) bond motifs is 4. The van der Waals surface area contributed by atoms with Crippen molar-refractivity contribution < 1.29 is 9.53 Å². The smallest absolute Gasteiger partial charge is 0.270 e. The van der Waals surface area contributed by atoms with Crippen molar-refractivity contribution in [3.05, 3.63) is 94.4 Å². The minimum absolute atomic E-state index is 0.0877. The monoisotopic (exact) mass is 456 g/mol. The van der Waals surface area contributed by atoms with Crippen molar-refractivity contribution in [3.63, 3.8) is 0 Å². The minimum Gasteiger partial charge on any atom is -0.367 e. The van der Waals surface area contributed by atoms with E-state index in [4.69, 9.17) is 4.74 Å². The third-order valence-corrected chi connectivity index (χ3v) is 6.38. The molecule has 0 unspecified atom stereocenters. The highest BCUT2D eigenvalue weighted by Gasteiger charge is 2.36. The zero-order valence-corrected chi connectivity index (χ0v) is 18.4. The Morgan fingerprint density at radius 3 is 2.88 bits per heavy atom. The summed E-state index contributed by atoms with van der Waals surface area (Å²) in [5, 5.41) is 6.34. The van der Waals surface area contributed by atoms with Crippen LogP contribution in [0.25, 0.3) is 11.3 Å². The molecule has 2 bridgehead atoms. The Balaban J connectivity index is 1.08. The van der Waals surface area contributed by atoms with Gasteiger partial charge < -0.3 is 19.8 Å². The van der Waals surface area contributed by atoms with Crippen LogP contribution in [0.1, 0.15) is 28.2 Å². The van der Waals surface area contributed by atoms with Crippen molar-refractivity contribution in [2.24, 2.45) is 5.92 Å². The molecule has 1 saturated heterocycles. The molecule has 6 heterocycles. The first kappa shape index (κ1) is 20.8. The van der Waals surface area contributed by atoms with Crippen molar-refractivity contribution in [1.82, 2.24) is 29.4 Å². The highest BCUT2D eigenvalue weighted by molar-refractivity contribution is 5.92. The van der Waals surface area contributed by atoms with E-state index in [-0.39, 0.29) is 23.9 Å². The molecule has 6 rings (SSSR count). The van der Waals surface area contributed by atoms with E-state index < -0.39 is 5.91 Å². The van der Waals surface area contributed by atoms with E-state index in [9.17, 15) is 9.59 Å². The molecule has 4 aromatic rings. The number of hydrogen-bond donors (Lipinski definition) is 2. The van der Waals surface area contributed by atoms with Crippen LogP contribution in [0.5, 0.6) is 0 Å². The van der Waals surface area contributed by atoms with Gasteiger partial charge >= 0.3 is 0 Å². The molecule has 2 N–H and O–H groups in total. The number of ether oxygens (including phenoxy) is 1. The van der Waals surface area contributed by atoms with E-state index in [1.165, 1.54) is 10.5 Å². The van der Waals surface area contributed by atoms with Gasteiger partial charge in [-0.15, -0.1) is 0 Å². The van der Waals surface area contributed by atoms with E-state index in [1.54, 1.807) is 24.4 Å². The van der Waals surface area contributed by atoms with Gasteiger partial charge in [0.1, 0.15) is 17.0 Å². The fourth-order valence-corrected chi connectivity index (χ4v) is 4.67. The maximum Gasteiger partial charge on any atom is 0.270 e. The summed E-state index contributed by atoms with van der Waals surface area (Å²) >= 11 is 0. The summed E-state index contributed by atoms with van der Waals surface area (Å²) in [5.74, 6) is 0.125. The van der Waals surface area contributed by atoms with Crippen molar-refractivity contribution in [2.45, 2.75) is 31.7 Å². The first-order valence-corrected chi connectivity index (χ1v) is 11.4. The fraction of sp³-hybridized carbons (Fsp3) is 0.280. The minimum atomic E-state index is -0.412. The number of carbonyl (C=O) groups excluding carboxylic acids is 1. The van der Waals surface area contributed by atoms with Gasteiger partial charge in [-0.1, -0.05) is 24.3 Å². The van der Waals surface area contributed by atoms with Crippen LogP contribution in [0, 0.1) is 5.92 Å². The maximum atomic E-state index is 12.6. The van der Waals surface area contributed by atoms with Crippen LogP contribution in [-0.2, 0) is 17.8 Å². The van der Waals surface area contributed by atoms with Crippen LogP contribution < -0.4 is 16.2 Å². The number of pyridine rings is 2. The molecule has 172 valence electrons. The first-order chi connectivity index (χ1) is 16.6. The number of nitrogens with one attached hydrogen (secondary N) is 2. The number of rotatable bonds is 7. The summed E-state index contributed by atoms with van der Waals surface area (Å²) in [6.07, 6.45) is 11.6. The Hall–Kier alpha value is -3.82. The summed E-state index contributed by atoms with van der Waals surface area (Å²) in [6.45, 7) is 1.93. The number of hydrogen-bond acceptors (Lipinski definition) is 6. The summed E-state index contributed by atoms with van der Waals surface area (Å²) in [5.41, 5.74) is 2.90. The summed E-state index contributed by atoms with van der Waals surface area (Å²) in [4.78, 5) is 33.7. The van der Waals surface area contributed by atoms with Crippen LogP contribution >= 0.6 is 0 Å². The predicted molar refractivity (Wildman–Crippen MR) is 125 cm³/mol. The van der Waals surface area contributed by atoms with Gasteiger partial charge in [-0.05, 0) is 30.2 Å². The number of amides is 1. The molecular formula is C25H24N6O3. The van der Waals surface area contributed by atoms with Gasteiger partial charge in [0.25, 0.3) is 11.5 Å². The summed E-state index contributed by atoms with van der Waals surface area (Å²) in [6, 6.07) is 10.5. The van der Waals surface area contributed by atoms with Crippen LogP contribution in [-0.4, -0.2) is 43.4 Å². The Morgan fingerprint density at radius 1 is 1.09 bits per heavy atom. The molecule has 0 radical (unpaired) electrons. The van der Waals surface area contributed by atoms with Gasteiger partial charge in [-0.25, -0.2) is 9.97 Å². The van der Waals surface area contributed by atoms with Gasteiger partial charge in [-0.3, -0.25) is 14.0 Å². The molecule has 3 atom stereocenters. The molecule has 2 aliphatic heterocycles. The molecule has 1 fully saturated rings. The largest absolute Gasteiger partial charge is 0.367 e. The predicted octanol–water partition coefficient (Wildman–Crippen LogP) is 1.71. The highest BCUT2D eigenvalue weighted by atomic mass is 16.5. The molecule has 2 aliphatic rings. The Morgan fingerprint density at radius 2 is 2.03 bits per heavy atom. The van der Waals surface area contributed by atoms with Gasteiger partial charge in [0.05, 0.1) is 24.4 Å².